The molecule has 1 aromatic heterocycles. The fraction of sp³-hybridized carbons (Fsp3) is 0.0833. The second kappa shape index (κ2) is 5.62. The van der Waals surface area contributed by atoms with Crippen LogP contribution < -0.4 is 10.1 Å². The standard InChI is InChI=1S/C12H9ClN2O5/c1-19-9-3-2-7(6-8(9)15(17)18)14-12(16)10-4-5-11(13)20-10/h2-6H,1H3,(H,14,16). The molecule has 1 N–H and O–H groups in total. The molecule has 0 saturated carbocycles. The van der Waals surface area contributed by atoms with Crippen molar-refractivity contribution in [3.05, 3.63) is 51.4 Å². The van der Waals surface area contributed by atoms with E-state index in [1.54, 1.807) is 0 Å². The number of hydrogen-bond donors (Lipinski definition) is 1. The van der Waals surface area contributed by atoms with E-state index in [-0.39, 0.29) is 28.1 Å². The van der Waals surface area contributed by atoms with E-state index < -0.39 is 10.8 Å². The predicted molar refractivity (Wildman–Crippen MR) is 71.3 cm³/mol. The summed E-state index contributed by atoms with van der Waals surface area (Å²) in [6.07, 6.45) is 0. The highest BCUT2D eigenvalue weighted by molar-refractivity contribution is 6.29. The summed E-state index contributed by atoms with van der Waals surface area (Å²) in [7, 11) is 1.32. The summed E-state index contributed by atoms with van der Waals surface area (Å²) < 4.78 is 9.80. The monoisotopic (exact) mass is 296 g/mol. The summed E-state index contributed by atoms with van der Waals surface area (Å²) in [6.45, 7) is 0. The van der Waals surface area contributed by atoms with Gasteiger partial charge in [-0.05, 0) is 35.9 Å². The Kier molecular flexibility index (Phi) is 3.90. The first kappa shape index (κ1) is 13.9. The summed E-state index contributed by atoms with van der Waals surface area (Å²) in [5, 5.41) is 13.4. The molecule has 0 radical (unpaired) electrons. The van der Waals surface area contributed by atoms with E-state index in [4.69, 9.17) is 20.8 Å². The number of ether oxygens (including phenoxy) is 1. The van der Waals surface area contributed by atoms with Gasteiger partial charge in [-0.1, -0.05) is 0 Å². The predicted octanol–water partition coefficient (Wildman–Crippen LogP) is 3.10. The number of methoxy groups -OCH3 is 1. The maximum Gasteiger partial charge on any atom is 0.312 e. The van der Waals surface area contributed by atoms with Crippen molar-refractivity contribution in [3.8, 4) is 5.75 Å². The number of nitro groups is 1. The third kappa shape index (κ3) is 2.89. The molecule has 1 heterocycles. The number of rotatable bonds is 4. The molecule has 0 aliphatic carbocycles. The number of benzene rings is 1. The topological polar surface area (TPSA) is 94.6 Å². The minimum atomic E-state index is -0.599. The maximum atomic E-state index is 11.8. The van der Waals surface area contributed by atoms with Gasteiger partial charge in [0.2, 0.25) is 0 Å². The number of furan rings is 1. The molecule has 2 aromatic rings. The summed E-state index contributed by atoms with van der Waals surface area (Å²) in [5.74, 6) is -0.445. The Morgan fingerprint density at radius 2 is 2.15 bits per heavy atom. The van der Waals surface area contributed by atoms with Gasteiger partial charge in [-0.3, -0.25) is 14.9 Å². The van der Waals surface area contributed by atoms with Crippen molar-refractivity contribution in [1.29, 1.82) is 0 Å². The van der Waals surface area contributed by atoms with Crippen molar-refractivity contribution in [2.24, 2.45) is 0 Å². The van der Waals surface area contributed by atoms with Crippen LogP contribution in [0.25, 0.3) is 0 Å². The zero-order valence-electron chi connectivity index (χ0n) is 10.3. The van der Waals surface area contributed by atoms with Crippen LogP contribution >= 0.6 is 11.6 Å². The Balaban J connectivity index is 2.23. The zero-order chi connectivity index (χ0) is 14.7. The lowest BCUT2D eigenvalue weighted by molar-refractivity contribution is -0.385. The maximum absolute atomic E-state index is 11.8. The van der Waals surface area contributed by atoms with E-state index in [0.29, 0.717) is 0 Å². The van der Waals surface area contributed by atoms with Gasteiger partial charge in [0.1, 0.15) is 0 Å². The number of halogens is 1. The number of hydrogen-bond acceptors (Lipinski definition) is 5. The van der Waals surface area contributed by atoms with Gasteiger partial charge in [-0.15, -0.1) is 0 Å². The molecule has 0 spiro atoms. The van der Waals surface area contributed by atoms with Crippen LogP contribution in [-0.2, 0) is 0 Å². The van der Waals surface area contributed by atoms with E-state index in [1.807, 2.05) is 0 Å². The molecule has 7 nitrogen and oxygen atoms in total. The van der Waals surface area contributed by atoms with E-state index in [0.717, 1.165) is 0 Å². The van der Waals surface area contributed by atoms with Gasteiger partial charge in [0.05, 0.1) is 12.0 Å². The summed E-state index contributed by atoms with van der Waals surface area (Å²) in [5.41, 5.74) is -0.00204. The zero-order valence-corrected chi connectivity index (χ0v) is 11.0. The molecule has 0 atom stereocenters. The number of nitrogens with one attached hydrogen (secondary N) is 1. The lowest BCUT2D eigenvalue weighted by Crippen LogP contribution is -2.11. The summed E-state index contributed by atoms with van der Waals surface area (Å²) >= 11 is 5.56. The number of carbonyl (C=O) groups is 1. The molecule has 0 aliphatic heterocycles. The van der Waals surface area contributed by atoms with Crippen LogP contribution in [0.5, 0.6) is 5.75 Å². The molecular weight excluding hydrogens is 288 g/mol. The molecule has 0 unspecified atom stereocenters. The number of nitro benzene ring substituents is 1. The Morgan fingerprint density at radius 1 is 1.40 bits per heavy atom. The molecule has 0 aliphatic rings. The fourth-order valence-corrected chi connectivity index (χ4v) is 1.69. The van der Waals surface area contributed by atoms with Gasteiger partial charge in [0.15, 0.2) is 16.7 Å². The quantitative estimate of drug-likeness (QED) is 0.691. The first-order chi connectivity index (χ1) is 9.51. The Hall–Kier alpha value is -2.54. The van der Waals surface area contributed by atoms with Crippen LogP contribution in [0, 0.1) is 10.1 Å². The minimum Gasteiger partial charge on any atom is -0.490 e. The van der Waals surface area contributed by atoms with Crippen LogP contribution in [-0.4, -0.2) is 17.9 Å². The number of anilines is 1. The minimum absolute atomic E-state index is 0.00784. The molecule has 0 fully saturated rings. The van der Waals surface area contributed by atoms with Gasteiger partial charge in [-0.25, -0.2) is 0 Å². The smallest absolute Gasteiger partial charge is 0.312 e. The van der Waals surface area contributed by atoms with Crippen LogP contribution in [0.15, 0.2) is 34.7 Å². The molecule has 104 valence electrons. The second-order valence-electron chi connectivity index (χ2n) is 3.70. The SMILES string of the molecule is COc1ccc(NC(=O)c2ccc(Cl)o2)cc1[N+](=O)[O-]. The van der Waals surface area contributed by atoms with Crippen LogP contribution in [0.4, 0.5) is 11.4 Å². The lowest BCUT2D eigenvalue weighted by atomic mass is 10.2. The average Bonchev–Trinajstić information content (AvgIpc) is 2.85. The van der Waals surface area contributed by atoms with Gasteiger partial charge in [0, 0.05) is 11.8 Å². The highest BCUT2D eigenvalue weighted by Gasteiger charge is 2.17. The summed E-state index contributed by atoms with van der Waals surface area (Å²) in [6, 6.07) is 6.89. The first-order valence-corrected chi connectivity index (χ1v) is 5.78. The van der Waals surface area contributed by atoms with E-state index in [9.17, 15) is 14.9 Å². The van der Waals surface area contributed by atoms with Crippen molar-refractivity contribution in [2.45, 2.75) is 0 Å². The van der Waals surface area contributed by atoms with Crippen molar-refractivity contribution in [2.75, 3.05) is 12.4 Å². The molecule has 0 bridgehead atoms. The Bertz CT molecular complexity index is 668. The second-order valence-corrected chi connectivity index (χ2v) is 4.07. The van der Waals surface area contributed by atoms with Gasteiger partial charge in [-0.2, -0.15) is 0 Å². The van der Waals surface area contributed by atoms with Crippen LogP contribution in [0.1, 0.15) is 10.6 Å². The van der Waals surface area contributed by atoms with Crippen molar-refractivity contribution >= 4 is 28.9 Å². The number of carbonyl (C=O) groups excluding carboxylic acids is 1. The third-order valence-corrected chi connectivity index (χ3v) is 2.63. The third-order valence-electron chi connectivity index (χ3n) is 2.43. The Morgan fingerprint density at radius 3 is 2.70 bits per heavy atom. The number of amides is 1. The molecule has 1 aromatic carbocycles. The van der Waals surface area contributed by atoms with Crippen LogP contribution in [0.2, 0.25) is 5.22 Å². The molecular formula is C12H9ClN2O5. The highest BCUT2D eigenvalue weighted by Crippen LogP contribution is 2.29. The summed E-state index contributed by atoms with van der Waals surface area (Å²) in [4.78, 5) is 22.1. The van der Waals surface area contributed by atoms with Gasteiger partial charge < -0.3 is 14.5 Å². The lowest BCUT2D eigenvalue weighted by Gasteiger charge is -2.05. The average molecular weight is 297 g/mol. The van der Waals surface area contributed by atoms with E-state index in [2.05, 4.69) is 5.32 Å². The van der Waals surface area contributed by atoms with Crippen molar-refractivity contribution < 1.29 is 18.9 Å². The molecule has 0 saturated heterocycles. The van der Waals surface area contributed by atoms with Gasteiger partial charge in [0.25, 0.3) is 5.91 Å². The molecule has 2 rings (SSSR count). The van der Waals surface area contributed by atoms with E-state index >= 15 is 0 Å². The van der Waals surface area contributed by atoms with Crippen LogP contribution in [0.3, 0.4) is 0 Å². The van der Waals surface area contributed by atoms with Crippen molar-refractivity contribution in [3.63, 3.8) is 0 Å². The Labute approximate surface area is 118 Å². The van der Waals surface area contributed by atoms with E-state index in [1.165, 1.54) is 37.4 Å². The molecule has 20 heavy (non-hydrogen) atoms. The largest absolute Gasteiger partial charge is 0.490 e. The van der Waals surface area contributed by atoms with Crippen molar-refractivity contribution in [1.82, 2.24) is 0 Å². The van der Waals surface area contributed by atoms with Gasteiger partial charge >= 0.3 is 5.69 Å². The molecule has 1 amide bonds. The number of nitrogens with zero attached hydrogens (tertiary/aromatic N) is 1. The normalized spacial score (nSPS) is 10.1. The molecule has 8 heteroatoms. The fourth-order valence-electron chi connectivity index (χ4n) is 1.54. The first-order valence-electron chi connectivity index (χ1n) is 5.40. The highest BCUT2D eigenvalue weighted by atomic mass is 35.5.